The van der Waals surface area contributed by atoms with E-state index >= 15 is 0 Å². The van der Waals surface area contributed by atoms with E-state index in [0.717, 1.165) is 53.5 Å². The number of rotatable bonds is 4. The van der Waals surface area contributed by atoms with Crippen LogP contribution in [0.1, 0.15) is 32.4 Å². The van der Waals surface area contributed by atoms with Crippen LogP contribution in [0.2, 0.25) is 5.02 Å². The highest BCUT2D eigenvalue weighted by Gasteiger charge is 2.53. The molecular formula is C21H21ClFN7S. The molecule has 10 heteroatoms. The zero-order valence-electron chi connectivity index (χ0n) is 17.1. The monoisotopic (exact) mass is 457 g/mol. The van der Waals surface area contributed by atoms with E-state index in [-0.39, 0.29) is 17.3 Å². The largest absolute Gasteiger partial charge is 0.366 e. The molecule has 7 nitrogen and oxygen atoms in total. The summed E-state index contributed by atoms with van der Waals surface area (Å²) < 4.78 is 14.1. The number of allylic oxidation sites excluding steroid dienone is 1. The number of anilines is 2. The summed E-state index contributed by atoms with van der Waals surface area (Å²) in [6, 6.07) is 1.58. The van der Waals surface area contributed by atoms with E-state index in [4.69, 9.17) is 22.4 Å². The normalized spacial score (nSPS) is 20.9. The molecule has 2 aromatic rings. The summed E-state index contributed by atoms with van der Waals surface area (Å²) in [5.41, 5.74) is 2.82. The molecule has 2 aliphatic heterocycles. The Balaban J connectivity index is 1.26. The van der Waals surface area contributed by atoms with Gasteiger partial charge in [-0.15, -0.1) is 0 Å². The van der Waals surface area contributed by atoms with Crippen molar-refractivity contribution in [3.05, 3.63) is 40.7 Å². The lowest BCUT2D eigenvalue weighted by molar-refractivity contribution is 0.0736. The van der Waals surface area contributed by atoms with Gasteiger partial charge in [0.25, 0.3) is 0 Å². The molecule has 3 aliphatic rings. The Morgan fingerprint density at radius 1 is 1.29 bits per heavy atom. The van der Waals surface area contributed by atoms with Crippen LogP contribution >= 0.6 is 23.4 Å². The number of pyridine rings is 1. The fourth-order valence-electron chi connectivity index (χ4n) is 4.64. The van der Waals surface area contributed by atoms with Crippen LogP contribution in [0.5, 0.6) is 0 Å². The fraction of sp³-hybridized carbons (Fsp3) is 0.381. The van der Waals surface area contributed by atoms with Gasteiger partial charge in [0.2, 0.25) is 0 Å². The first kappa shape index (κ1) is 20.4. The predicted molar refractivity (Wildman–Crippen MR) is 122 cm³/mol. The zero-order chi connectivity index (χ0) is 21.9. The molecular weight excluding hydrogens is 437 g/mol. The van der Waals surface area contributed by atoms with Gasteiger partial charge in [0, 0.05) is 42.0 Å². The first-order chi connectivity index (χ1) is 14.8. The van der Waals surface area contributed by atoms with E-state index in [1.165, 1.54) is 30.4 Å². The van der Waals surface area contributed by atoms with Crippen molar-refractivity contribution in [1.29, 1.82) is 10.8 Å². The topological polar surface area (TPSA) is 102 Å². The third-order valence-electron chi connectivity index (χ3n) is 6.25. The average molecular weight is 458 g/mol. The van der Waals surface area contributed by atoms with Crippen molar-refractivity contribution in [3.8, 4) is 0 Å². The van der Waals surface area contributed by atoms with E-state index in [2.05, 4.69) is 20.3 Å². The number of fused-ring (bicyclic) bond motifs is 1. The number of hydrogen-bond donors (Lipinski definition) is 3. The first-order valence-corrected chi connectivity index (χ1v) is 11.2. The highest BCUT2D eigenvalue weighted by molar-refractivity contribution is 8.15. The molecule has 1 saturated heterocycles. The molecule has 2 aromatic heterocycles. The van der Waals surface area contributed by atoms with Crippen LogP contribution < -0.4 is 10.2 Å². The summed E-state index contributed by atoms with van der Waals surface area (Å²) in [6.45, 7) is 5.14. The van der Waals surface area contributed by atoms with Crippen LogP contribution in [0.4, 0.5) is 16.0 Å². The molecule has 0 bridgehead atoms. The molecule has 31 heavy (non-hydrogen) atoms. The lowest BCUT2D eigenvalue weighted by Gasteiger charge is -2.59. The highest BCUT2D eigenvalue weighted by atomic mass is 35.5. The number of hydrogen-bond acceptors (Lipinski definition) is 8. The van der Waals surface area contributed by atoms with Gasteiger partial charge in [-0.2, -0.15) is 0 Å². The van der Waals surface area contributed by atoms with E-state index in [0.29, 0.717) is 21.6 Å². The molecule has 0 unspecified atom stereocenters. The minimum atomic E-state index is -0.383. The number of thioether (sulfide) groups is 1. The van der Waals surface area contributed by atoms with Gasteiger partial charge in [-0.05, 0) is 38.3 Å². The van der Waals surface area contributed by atoms with Crippen LogP contribution in [-0.4, -0.2) is 44.8 Å². The van der Waals surface area contributed by atoms with Gasteiger partial charge < -0.3 is 15.6 Å². The van der Waals surface area contributed by atoms with Crippen LogP contribution in [-0.2, 0) is 0 Å². The van der Waals surface area contributed by atoms with E-state index in [9.17, 15) is 4.39 Å². The van der Waals surface area contributed by atoms with Crippen molar-refractivity contribution < 1.29 is 4.39 Å². The molecule has 160 valence electrons. The maximum absolute atomic E-state index is 14.1. The molecule has 4 heterocycles. The van der Waals surface area contributed by atoms with Crippen LogP contribution in [0.25, 0.3) is 5.57 Å². The van der Waals surface area contributed by atoms with E-state index in [1.807, 2.05) is 11.8 Å². The number of aromatic nitrogens is 3. The van der Waals surface area contributed by atoms with Gasteiger partial charge in [0.15, 0.2) is 11.6 Å². The van der Waals surface area contributed by atoms with Crippen molar-refractivity contribution in [2.75, 3.05) is 23.3 Å². The number of nitrogens with zero attached hydrogens (tertiary/aromatic N) is 4. The van der Waals surface area contributed by atoms with Crippen molar-refractivity contribution >= 4 is 51.3 Å². The van der Waals surface area contributed by atoms with Crippen LogP contribution in [0.3, 0.4) is 0 Å². The second kappa shape index (κ2) is 7.27. The highest BCUT2D eigenvalue weighted by Crippen LogP contribution is 2.51. The number of nitrogens with one attached hydrogen (secondary N) is 3. The number of halogens is 2. The Morgan fingerprint density at radius 2 is 2.03 bits per heavy atom. The average Bonchev–Trinajstić information content (AvgIpc) is 2.99. The molecule has 5 rings (SSSR count). The van der Waals surface area contributed by atoms with Crippen molar-refractivity contribution in [1.82, 2.24) is 15.0 Å². The summed E-state index contributed by atoms with van der Waals surface area (Å²) >= 11 is 7.14. The van der Waals surface area contributed by atoms with Gasteiger partial charge in [0.1, 0.15) is 17.2 Å². The summed E-state index contributed by atoms with van der Waals surface area (Å²) in [5, 5.41) is 20.5. The Hall–Kier alpha value is -2.52. The Bertz CT molecular complexity index is 1150. The second-order valence-electron chi connectivity index (χ2n) is 8.52. The van der Waals surface area contributed by atoms with Gasteiger partial charge in [-0.25, -0.2) is 19.3 Å². The Morgan fingerprint density at radius 3 is 2.71 bits per heavy atom. The van der Waals surface area contributed by atoms with Crippen molar-refractivity contribution in [2.24, 2.45) is 5.41 Å². The molecule has 0 aromatic carbocycles. The summed E-state index contributed by atoms with van der Waals surface area (Å²) in [7, 11) is 0. The third-order valence-corrected chi connectivity index (χ3v) is 7.46. The SMILES string of the molecule is CC(=N)/C(C)=C1\C(=N)Sc2c(NC3CC4(C3)CN(c3ncc(Cl)cc3F)C4)ncnc21. The van der Waals surface area contributed by atoms with E-state index < -0.39 is 0 Å². The predicted octanol–water partition coefficient (Wildman–Crippen LogP) is 4.64. The van der Waals surface area contributed by atoms with Gasteiger partial charge in [-0.3, -0.25) is 5.41 Å². The van der Waals surface area contributed by atoms with Gasteiger partial charge in [-0.1, -0.05) is 23.4 Å². The first-order valence-electron chi connectivity index (χ1n) is 9.97. The summed E-state index contributed by atoms with van der Waals surface area (Å²) in [4.78, 5) is 15.8. The Kier molecular flexibility index (Phi) is 4.78. The Labute approximate surface area is 188 Å². The second-order valence-corrected chi connectivity index (χ2v) is 9.98. The lowest BCUT2D eigenvalue weighted by Crippen LogP contribution is -2.65. The summed E-state index contributed by atoms with van der Waals surface area (Å²) in [6.07, 6.45) is 4.94. The quantitative estimate of drug-likeness (QED) is 0.578. The molecule has 0 atom stereocenters. The molecule has 3 N–H and O–H groups in total. The molecule has 2 fully saturated rings. The van der Waals surface area contributed by atoms with E-state index in [1.54, 1.807) is 6.92 Å². The standard InChI is InChI=1S/C21H21ClFN7S/c1-10(11(2)24)15-16-17(31-18(15)25)19(28-9-27-16)29-13-4-21(5-13)7-30(8-21)20-14(23)3-12(22)6-26-20/h3,6,9,13,24-25H,4-5,7-8H2,1-2H3,(H,27,28,29)/b15-10-,24-11?,25-18?. The maximum atomic E-state index is 14.1. The zero-order valence-corrected chi connectivity index (χ0v) is 18.7. The maximum Gasteiger partial charge on any atom is 0.167 e. The smallest absolute Gasteiger partial charge is 0.167 e. The molecule has 0 radical (unpaired) electrons. The molecule has 1 saturated carbocycles. The minimum absolute atomic E-state index is 0.181. The van der Waals surface area contributed by atoms with Crippen LogP contribution in [0, 0.1) is 22.1 Å². The lowest BCUT2D eigenvalue weighted by atomic mass is 9.60. The molecule has 0 amide bonds. The minimum Gasteiger partial charge on any atom is -0.366 e. The third kappa shape index (κ3) is 3.40. The van der Waals surface area contributed by atoms with Gasteiger partial charge in [0.05, 0.1) is 15.6 Å². The fourth-order valence-corrected chi connectivity index (χ4v) is 5.80. The molecule has 1 spiro atoms. The van der Waals surface area contributed by atoms with Crippen molar-refractivity contribution in [3.63, 3.8) is 0 Å². The van der Waals surface area contributed by atoms with Gasteiger partial charge >= 0.3 is 0 Å². The van der Waals surface area contributed by atoms with Crippen molar-refractivity contribution in [2.45, 2.75) is 37.6 Å². The molecule has 1 aliphatic carbocycles. The van der Waals surface area contributed by atoms with Crippen LogP contribution in [0.15, 0.2) is 29.1 Å². The summed E-state index contributed by atoms with van der Waals surface area (Å²) in [5.74, 6) is 0.726.